The molecule has 0 aromatic heterocycles. The van der Waals surface area contributed by atoms with E-state index in [9.17, 15) is 14.3 Å². The Morgan fingerprint density at radius 2 is 1.81 bits per heavy atom. The second kappa shape index (κ2) is 10.3. The van der Waals surface area contributed by atoms with Gasteiger partial charge in [-0.2, -0.15) is 0 Å². The molecule has 1 saturated carbocycles. The first kappa shape index (κ1) is 25.3. The molecule has 1 aliphatic heterocycles. The van der Waals surface area contributed by atoms with Crippen LogP contribution in [0.2, 0.25) is 10.0 Å². The Balaban J connectivity index is 0.00000289. The Kier molecular flexibility index (Phi) is 8.11. The van der Waals surface area contributed by atoms with Gasteiger partial charge in [0.1, 0.15) is 5.82 Å². The molecule has 2 aliphatic rings. The molecule has 1 aliphatic carbocycles. The van der Waals surface area contributed by atoms with Crippen LogP contribution in [0.1, 0.15) is 65.7 Å². The van der Waals surface area contributed by atoms with Crippen molar-refractivity contribution in [3.8, 4) is 0 Å². The van der Waals surface area contributed by atoms with E-state index in [-0.39, 0.29) is 24.0 Å². The number of carboxylic acids is 1. The van der Waals surface area contributed by atoms with Crippen LogP contribution in [-0.2, 0) is 6.54 Å². The minimum absolute atomic E-state index is 0. The molecule has 0 bridgehead atoms. The summed E-state index contributed by atoms with van der Waals surface area (Å²) in [6.07, 6.45) is 2.09. The third-order valence-corrected chi connectivity index (χ3v) is 6.93. The van der Waals surface area contributed by atoms with Gasteiger partial charge in [0.25, 0.3) is 0 Å². The predicted octanol–water partition coefficient (Wildman–Crippen LogP) is 6.40. The number of carboxylic acid groups (broad SMARTS) is 1. The molecule has 0 amide bonds. The van der Waals surface area contributed by atoms with Gasteiger partial charge in [0.2, 0.25) is 0 Å². The van der Waals surface area contributed by atoms with E-state index in [0.29, 0.717) is 28.5 Å². The first-order valence-corrected chi connectivity index (χ1v) is 11.5. The number of piperazine rings is 1. The summed E-state index contributed by atoms with van der Waals surface area (Å²) >= 11 is 12.4. The van der Waals surface area contributed by atoms with Crippen LogP contribution in [0.4, 0.5) is 4.39 Å². The monoisotopic (exact) mass is 500 g/mol. The normalized spacial score (nSPS) is 20.6. The number of hydrogen-bond donors (Lipinski definition) is 1. The minimum atomic E-state index is -1.21. The van der Waals surface area contributed by atoms with E-state index in [4.69, 9.17) is 23.2 Å². The molecule has 0 spiro atoms. The summed E-state index contributed by atoms with van der Waals surface area (Å²) < 4.78 is 14.4. The molecule has 2 fully saturated rings. The van der Waals surface area contributed by atoms with Gasteiger partial charge in [-0.05, 0) is 79.6 Å². The molecule has 1 heterocycles. The van der Waals surface area contributed by atoms with Gasteiger partial charge in [0, 0.05) is 48.3 Å². The van der Waals surface area contributed by atoms with E-state index >= 15 is 0 Å². The number of hydrogen-bond acceptors (Lipinski definition) is 3. The van der Waals surface area contributed by atoms with Gasteiger partial charge in [-0.25, -0.2) is 9.18 Å². The van der Waals surface area contributed by atoms with Gasteiger partial charge in [-0.3, -0.25) is 9.80 Å². The Hall–Kier alpha value is -1.37. The van der Waals surface area contributed by atoms with Crippen LogP contribution >= 0.6 is 35.6 Å². The van der Waals surface area contributed by atoms with Gasteiger partial charge in [-0.1, -0.05) is 23.2 Å². The SMILES string of the molecule is CC1CN(Cc2cc(F)c(C(=O)O)cc2C2CC2)CCN1[C@@H](C)c1cc(Cl)cc(Cl)c1.Cl. The molecule has 2 aromatic rings. The van der Waals surface area contributed by atoms with Crippen LogP contribution in [0.25, 0.3) is 0 Å². The van der Waals surface area contributed by atoms with Crippen molar-refractivity contribution in [1.29, 1.82) is 0 Å². The highest BCUT2D eigenvalue weighted by Gasteiger charge is 2.31. The van der Waals surface area contributed by atoms with Crippen molar-refractivity contribution >= 4 is 41.6 Å². The second-order valence-corrected chi connectivity index (χ2v) is 9.68. The molecule has 8 heteroatoms. The van der Waals surface area contributed by atoms with Gasteiger partial charge < -0.3 is 5.11 Å². The fraction of sp³-hybridized carbons (Fsp3) is 0.458. The van der Waals surface area contributed by atoms with Crippen LogP contribution in [-0.4, -0.2) is 46.6 Å². The lowest BCUT2D eigenvalue weighted by Crippen LogP contribution is -2.52. The maximum Gasteiger partial charge on any atom is 0.338 e. The minimum Gasteiger partial charge on any atom is -0.478 e. The van der Waals surface area contributed by atoms with E-state index in [1.165, 1.54) is 6.07 Å². The zero-order valence-electron chi connectivity index (χ0n) is 18.2. The van der Waals surface area contributed by atoms with E-state index < -0.39 is 11.8 Å². The highest BCUT2D eigenvalue weighted by Crippen LogP contribution is 2.43. The Morgan fingerprint density at radius 3 is 2.38 bits per heavy atom. The lowest BCUT2D eigenvalue weighted by atomic mass is 9.98. The molecular formula is C24H28Cl3FN2O2. The fourth-order valence-electron chi connectivity index (χ4n) is 4.72. The van der Waals surface area contributed by atoms with Gasteiger partial charge in [-0.15, -0.1) is 12.4 Å². The highest BCUT2D eigenvalue weighted by atomic mass is 35.5. The van der Waals surface area contributed by atoms with Crippen molar-refractivity contribution < 1.29 is 14.3 Å². The molecule has 1 N–H and O–H groups in total. The third kappa shape index (κ3) is 5.57. The Labute approximate surface area is 204 Å². The van der Waals surface area contributed by atoms with Crippen LogP contribution in [0.5, 0.6) is 0 Å². The predicted molar refractivity (Wildman–Crippen MR) is 129 cm³/mol. The molecule has 4 rings (SSSR count). The van der Waals surface area contributed by atoms with Crippen molar-refractivity contribution in [2.24, 2.45) is 0 Å². The molecular weight excluding hydrogens is 474 g/mol. The number of nitrogens with zero attached hydrogens (tertiary/aromatic N) is 2. The van der Waals surface area contributed by atoms with Gasteiger partial charge >= 0.3 is 5.97 Å². The summed E-state index contributed by atoms with van der Waals surface area (Å²) in [6.45, 7) is 7.59. The lowest BCUT2D eigenvalue weighted by Gasteiger charge is -2.43. The lowest BCUT2D eigenvalue weighted by molar-refractivity contribution is 0.0503. The third-order valence-electron chi connectivity index (χ3n) is 6.50. The Morgan fingerprint density at radius 1 is 1.16 bits per heavy atom. The van der Waals surface area contributed by atoms with E-state index in [2.05, 4.69) is 23.6 Å². The first-order chi connectivity index (χ1) is 14.7. The smallest absolute Gasteiger partial charge is 0.338 e. The van der Waals surface area contributed by atoms with E-state index in [0.717, 1.165) is 49.2 Å². The summed E-state index contributed by atoms with van der Waals surface area (Å²) in [5.41, 5.74) is 2.79. The number of halogens is 4. The highest BCUT2D eigenvalue weighted by molar-refractivity contribution is 6.34. The van der Waals surface area contributed by atoms with Crippen LogP contribution in [0, 0.1) is 5.82 Å². The second-order valence-electron chi connectivity index (χ2n) is 8.81. The zero-order valence-corrected chi connectivity index (χ0v) is 20.5. The summed E-state index contributed by atoms with van der Waals surface area (Å²) in [4.78, 5) is 16.1. The maximum absolute atomic E-state index is 14.4. The van der Waals surface area contributed by atoms with Crippen molar-refractivity contribution in [1.82, 2.24) is 9.80 Å². The quantitative estimate of drug-likeness (QED) is 0.497. The van der Waals surface area contributed by atoms with Gasteiger partial charge in [0.15, 0.2) is 0 Å². The molecule has 2 aromatic carbocycles. The van der Waals surface area contributed by atoms with Crippen LogP contribution in [0.3, 0.4) is 0 Å². The van der Waals surface area contributed by atoms with Crippen LogP contribution in [0.15, 0.2) is 30.3 Å². The largest absolute Gasteiger partial charge is 0.478 e. The Bertz CT molecular complexity index is 979. The molecule has 0 radical (unpaired) electrons. The molecule has 1 saturated heterocycles. The average molecular weight is 502 g/mol. The number of carbonyl (C=O) groups is 1. The van der Waals surface area contributed by atoms with E-state index in [1.54, 1.807) is 12.1 Å². The topological polar surface area (TPSA) is 43.8 Å². The van der Waals surface area contributed by atoms with E-state index in [1.807, 2.05) is 12.1 Å². The molecule has 174 valence electrons. The summed E-state index contributed by atoms with van der Waals surface area (Å²) in [5, 5.41) is 10.6. The molecule has 2 atom stereocenters. The summed E-state index contributed by atoms with van der Waals surface area (Å²) in [5.74, 6) is -1.49. The van der Waals surface area contributed by atoms with Crippen molar-refractivity contribution in [2.45, 2.75) is 51.2 Å². The van der Waals surface area contributed by atoms with Crippen molar-refractivity contribution in [2.75, 3.05) is 19.6 Å². The maximum atomic E-state index is 14.4. The standard InChI is InChI=1S/C24H27Cl2FN2O2.ClH/c1-14-12-28(5-6-29(14)15(2)17-7-19(25)10-20(26)8-17)13-18-9-23(27)22(24(30)31)11-21(18)16-3-4-16;/h7-11,14-16H,3-6,12-13H2,1-2H3,(H,30,31);1H/t14?,15-;/m0./s1. The molecule has 1 unspecified atom stereocenters. The number of benzene rings is 2. The zero-order chi connectivity index (χ0) is 22.3. The molecule has 32 heavy (non-hydrogen) atoms. The fourth-order valence-corrected chi connectivity index (χ4v) is 5.26. The van der Waals surface area contributed by atoms with Crippen molar-refractivity contribution in [3.05, 3.63) is 68.4 Å². The number of aromatic carboxylic acids is 1. The van der Waals surface area contributed by atoms with Crippen molar-refractivity contribution in [3.63, 3.8) is 0 Å². The molecule has 4 nitrogen and oxygen atoms in total. The van der Waals surface area contributed by atoms with Crippen LogP contribution < -0.4 is 0 Å². The van der Waals surface area contributed by atoms with Gasteiger partial charge in [0.05, 0.1) is 5.56 Å². The average Bonchev–Trinajstić information content (AvgIpc) is 3.52. The number of rotatable bonds is 6. The summed E-state index contributed by atoms with van der Waals surface area (Å²) in [7, 11) is 0. The first-order valence-electron chi connectivity index (χ1n) is 10.7. The summed E-state index contributed by atoms with van der Waals surface area (Å²) in [6, 6.07) is 9.14.